The molecular weight excluding hydrogens is 185 g/mol. The highest BCUT2D eigenvalue weighted by atomic mass is 16.1. The fourth-order valence-electron chi connectivity index (χ4n) is 1.99. The van der Waals surface area contributed by atoms with Crippen LogP contribution >= 0.6 is 0 Å². The van der Waals surface area contributed by atoms with Crippen LogP contribution in [0.25, 0.3) is 0 Å². The molecule has 0 saturated heterocycles. The Bertz CT molecular complexity index is 364. The summed E-state index contributed by atoms with van der Waals surface area (Å²) in [5.41, 5.74) is 2.36. The van der Waals surface area contributed by atoms with E-state index in [2.05, 4.69) is 17.0 Å². The van der Waals surface area contributed by atoms with Crippen molar-refractivity contribution in [2.45, 2.75) is 19.3 Å². The molecule has 2 rings (SSSR count). The summed E-state index contributed by atoms with van der Waals surface area (Å²) >= 11 is 0. The van der Waals surface area contributed by atoms with Gasteiger partial charge in [0, 0.05) is 40.0 Å². The summed E-state index contributed by atoms with van der Waals surface area (Å²) < 4.78 is 0. The fourth-order valence-corrected chi connectivity index (χ4v) is 1.99. The SMILES string of the molecule is CC1C(=O)CCN(C)c2ccccc21.[B]. The van der Waals surface area contributed by atoms with Crippen molar-refractivity contribution in [1.29, 1.82) is 0 Å². The zero-order chi connectivity index (χ0) is 10.1. The molecule has 1 aliphatic rings. The lowest BCUT2D eigenvalue weighted by Crippen LogP contribution is -2.18. The molecule has 0 aliphatic carbocycles. The van der Waals surface area contributed by atoms with Crippen molar-refractivity contribution >= 4 is 19.9 Å². The van der Waals surface area contributed by atoms with E-state index in [1.54, 1.807) is 0 Å². The molecule has 15 heavy (non-hydrogen) atoms. The van der Waals surface area contributed by atoms with Crippen LogP contribution in [0.4, 0.5) is 5.69 Å². The van der Waals surface area contributed by atoms with Gasteiger partial charge in [-0.3, -0.25) is 4.79 Å². The van der Waals surface area contributed by atoms with E-state index in [1.807, 2.05) is 26.1 Å². The van der Waals surface area contributed by atoms with Crippen molar-refractivity contribution < 1.29 is 4.79 Å². The molecule has 2 nitrogen and oxygen atoms in total. The summed E-state index contributed by atoms with van der Waals surface area (Å²) in [5.74, 6) is 0.401. The minimum atomic E-state index is 0. The van der Waals surface area contributed by atoms with Gasteiger partial charge < -0.3 is 4.90 Å². The van der Waals surface area contributed by atoms with Crippen molar-refractivity contribution in [3.8, 4) is 0 Å². The van der Waals surface area contributed by atoms with E-state index in [-0.39, 0.29) is 14.3 Å². The van der Waals surface area contributed by atoms with Gasteiger partial charge in [0.1, 0.15) is 5.78 Å². The van der Waals surface area contributed by atoms with Gasteiger partial charge >= 0.3 is 0 Å². The zero-order valence-electron chi connectivity index (χ0n) is 9.23. The zero-order valence-corrected chi connectivity index (χ0v) is 9.23. The van der Waals surface area contributed by atoms with Gasteiger partial charge in [0.25, 0.3) is 0 Å². The molecule has 1 aliphatic heterocycles. The molecule has 0 fully saturated rings. The molecule has 1 aromatic carbocycles. The first kappa shape index (κ1) is 11.8. The highest BCUT2D eigenvalue weighted by Crippen LogP contribution is 2.30. The number of benzene rings is 1. The van der Waals surface area contributed by atoms with Crippen LogP contribution in [0.15, 0.2) is 24.3 Å². The third-order valence-corrected chi connectivity index (χ3v) is 2.99. The summed E-state index contributed by atoms with van der Waals surface area (Å²) in [6, 6.07) is 8.17. The Labute approximate surface area is 92.9 Å². The number of Topliss-reactive ketones (excluding diaryl/α,β-unsaturated/α-hetero) is 1. The van der Waals surface area contributed by atoms with Crippen LogP contribution in [0.1, 0.15) is 24.8 Å². The van der Waals surface area contributed by atoms with Crippen LogP contribution in [0.5, 0.6) is 0 Å². The maximum Gasteiger partial charge on any atom is 0.141 e. The Hall–Kier alpha value is -1.25. The largest absolute Gasteiger partial charge is 0.374 e. The van der Waals surface area contributed by atoms with Crippen LogP contribution in [-0.4, -0.2) is 27.8 Å². The number of fused-ring (bicyclic) bond motifs is 1. The van der Waals surface area contributed by atoms with Crippen molar-refractivity contribution in [3.63, 3.8) is 0 Å². The number of hydrogen-bond acceptors (Lipinski definition) is 2. The van der Waals surface area contributed by atoms with Crippen molar-refractivity contribution in [2.24, 2.45) is 0 Å². The molecule has 0 N–H and O–H groups in total. The number of carbonyl (C=O) groups is 1. The maximum atomic E-state index is 11.7. The maximum absolute atomic E-state index is 11.7. The van der Waals surface area contributed by atoms with E-state index < -0.39 is 0 Å². The number of anilines is 1. The van der Waals surface area contributed by atoms with Crippen molar-refractivity contribution in [1.82, 2.24) is 0 Å². The molecule has 0 bridgehead atoms. The quantitative estimate of drug-likeness (QED) is 0.595. The molecule has 0 amide bonds. The summed E-state index contributed by atoms with van der Waals surface area (Å²) in [6.45, 7) is 2.83. The standard InChI is InChI=1S/C12H15NO.B/c1-9-10-5-3-4-6-11(10)13(2)8-7-12(9)14;/h3-6,9H,7-8H2,1-2H3;. The van der Waals surface area contributed by atoms with Gasteiger partial charge in [-0.25, -0.2) is 0 Å². The molecule has 77 valence electrons. The Morgan fingerprint density at radius 2 is 2.00 bits per heavy atom. The number of carbonyl (C=O) groups excluding carboxylic acids is 1. The highest BCUT2D eigenvalue weighted by molar-refractivity contribution is 5.88. The minimum Gasteiger partial charge on any atom is -0.374 e. The Morgan fingerprint density at radius 3 is 2.73 bits per heavy atom. The van der Waals surface area contributed by atoms with Gasteiger partial charge in [0.2, 0.25) is 0 Å². The second-order valence-corrected chi connectivity index (χ2v) is 3.92. The molecule has 1 heterocycles. The van der Waals surface area contributed by atoms with Gasteiger partial charge in [-0.05, 0) is 11.6 Å². The highest BCUT2D eigenvalue weighted by Gasteiger charge is 2.23. The summed E-state index contributed by atoms with van der Waals surface area (Å²) in [5, 5.41) is 0. The van der Waals surface area contributed by atoms with Crippen LogP contribution in [0.2, 0.25) is 0 Å². The summed E-state index contributed by atoms with van der Waals surface area (Å²) in [7, 11) is 2.05. The average Bonchev–Trinajstić information content (AvgIpc) is 2.33. The average molecular weight is 200 g/mol. The number of hydrogen-bond donors (Lipinski definition) is 0. The second-order valence-electron chi connectivity index (χ2n) is 3.92. The molecule has 0 spiro atoms. The molecule has 3 heteroatoms. The normalized spacial score (nSPS) is 20.3. The van der Waals surface area contributed by atoms with Crippen LogP contribution in [-0.2, 0) is 4.79 Å². The lowest BCUT2D eigenvalue weighted by molar-refractivity contribution is -0.119. The lowest BCUT2D eigenvalue weighted by Gasteiger charge is -2.19. The van der Waals surface area contributed by atoms with E-state index in [0.717, 1.165) is 12.1 Å². The van der Waals surface area contributed by atoms with Crippen LogP contribution in [0.3, 0.4) is 0 Å². The van der Waals surface area contributed by atoms with E-state index in [4.69, 9.17) is 0 Å². The monoisotopic (exact) mass is 200 g/mol. The lowest BCUT2D eigenvalue weighted by atomic mass is 9.95. The minimum absolute atomic E-state index is 0. The van der Waals surface area contributed by atoms with Crippen LogP contribution in [0, 0.1) is 0 Å². The Balaban J connectivity index is 0.00000112. The predicted molar refractivity (Wildman–Crippen MR) is 63.5 cm³/mol. The first-order chi connectivity index (χ1) is 6.70. The van der Waals surface area contributed by atoms with Gasteiger partial charge in [0.05, 0.1) is 0 Å². The van der Waals surface area contributed by atoms with E-state index >= 15 is 0 Å². The first-order valence-electron chi connectivity index (χ1n) is 5.03. The fraction of sp³-hybridized carbons (Fsp3) is 0.417. The van der Waals surface area contributed by atoms with Gasteiger partial charge in [-0.15, -0.1) is 0 Å². The van der Waals surface area contributed by atoms with Gasteiger partial charge in [-0.2, -0.15) is 0 Å². The third-order valence-electron chi connectivity index (χ3n) is 2.99. The molecule has 0 saturated carbocycles. The second kappa shape index (κ2) is 4.52. The molecular formula is C12H15BNO. The smallest absolute Gasteiger partial charge is 0.141 e. The van der Waals surface area contributed by atoms with Crippen molar-refractivity contribution in [2.75, 3.05) is 18.5 Å². The third kappa shape index (κ3) is 2.06. The topological polar surface area (TPSA) is 20.3 Å². The molecule has 0 aromatic heterocycles. The summed E-state index contributed by atoms with van der Waals surface area (Å²) in [6.07, 6.45) is 0.659. The Morgan fingerprint density at radius 1 is 1.33 bits per heavy atom. The predicted octanol–water partition coefficient (Wildman–Crippen LogP) is 1.82. The number of rotatable bonds is 0. The molecule has 3 radical (unpaired) electrons. The first-order valence-corrected chi connectivity index (χ1v) is 5.03. The van der Waals surface area contributed by atoms with E-state index in [9.17, 15) is 4.79 Å². The van der Waals surface area contributed by atoms with E-state index in [0.29, 0.717) is 12.2 Å². The van der Waals surface area contributed by atoms with Gasteiger partial charge in [-0.1, -0.05) is 25.1 Å². The number of nitrogens with zero attached hydrogens (tertiary/aromatic N) is 1. The molecule has 1 aromatic rings. The Kier molecular flexibility index (Phi) is 3.56. The van der Waals surface area contributed by atoms with Gasteiger partial charge in [0.15, 0.2) is 0 Å². The summed E-state index contributed by atoms with van der Waals surface area (Å²) in [4.78, 5) is 13.9. The van der Waals surface area contributed by atoms with Crippen molar-refractivity contribution in [3.05, 3.63) is 29.8 Å². The molecule has 1 unspecified atom stereocenters. The number of para-hydroxylation sites is 1. The van der Waals surface area contributed by atoms with Crippen LogP contribution < -0.4 is 4.90 Å². The molecule has 1 atom stereocenters. The van der Waals surface area contributed by atoms with E-state index in [1.165, 1.54) is 5.69 Å². The number of ketones is 1.